The third-order valence-electron chi connectivity index (χ3n) is 4.35. The van der Waals surface area contributed by atoms with E-state index in [0.29, 0.717) is 18.7 Å². The maximum Gasteiger partial charge on any atom is 0.252 e. The lowest BCUT2D eigenvalue weighted by Crippen LogP contribution is -2.25. The highest BCUT2D eigenvalue weighted by Gasteiger charge is 2.06. The van der Waals surface area contributed by atoms with Crippen LogP contribution in [0.3, 0.4) is 0 Å². The summed E-state index contributed by atoms with van der Waals surface area (Å²) in [6.07, 6.45) is 5.21. The van der Waals surface area contributed by atoms with Crippen molar-refractivity contribution in [3.05, 3.63) is 95.3 Å². The summed E-state index contributed by atoms with van der Waals surface area (Å²) in [4.78, 5) is 16.5. The minimum Gasteiger partial charge on any atom is -0.380 e. The first-order valence-electron chi connectivity index (χ1n) is 9.27. The van der Waals surface area contributed by atoms with Gasteiger partial charge in [0, 0.05) is 25.5 Å². The number of aryl methyl sites for hydroxylation is 2. The maximum absolute atomic E-state index is 12.3. The molecule has 0 radical (unpaired) electrons. The number of carbonyl (C=O) groups excluding carboxylic acids is 1. The molecule has 27 heavy (non-hydrogen) atoms. The number of carbonyl (C=O) groups is 1. The number of hydrogen-bond donors (Lipinski definition) is 2. The molecule has 1 amide bonds. The molecule has 1 aromatic heterocycles. The smallest absolute Gasteiger partial charge is 0.252 e. The molecule has 0 saturated carbocycles. The van der Waals surface area contributed by atoms with Gasteiger partial charge in [-0.3, -0.25) is 9.78 Å². The van der Waals surface area contributed by atoms with Crippen LogP contribution in [0.4, 0.5) is 5.69 Å². The lowest BCUT2D eigenvalue weighted by atomic mass is 10.1. The van der Waals surface area contributed by atoms with Gasteiger partial charge >= 0.3 is 0 Å². The summed E-state index contributed by atoms with van der Waals surface area (Å²) in [5, 5.41) is 6.30. The molecule has 0 aliphatic heterocycles. The van der Waals surface area contributed by atoms with Gasteiger partial charge in [-0.05, 0) is 37.0 Å². The van der Waals surface area contributed by atoms with Crippen LogP contribution < -0.4 is 10.6 Å². The number of nitrogens with one attached hydrogen (secondary N) is 2. The zero-order valence-corrected chi connectivity index (χ0v) is 15.6. The summed E-state index contributed by atoms with van der Waals surface area (Å²) in [5.41, 5.74) is 5.13. The first-order valence-corrected chi connectivity index (χ1v) is 9.27. The molecular weight excluding hydrogens is 334 g/mol. The molecule has 138 valence electrons. The van der Waals surface area contributed by atoms with E-state index < -0.39 is 0 Å². The molecule has 0 atom stereocenters. The summed E-state index contributed by atoms with van der Waals surface area (Å²) in [5.74, 6) is -0.0882. The Balaban J connectivity index is 1.48. The Bertz CT molecular complexity index is 878. The molecule has 1 heterocycles. The Hall–Kier alpha value is -3.14. The summed E-state index contributed by atoms with van der Waals surface area (Å²) in [6, 6.07) is 20.5. The summed E-state index contributed by atoms with van der Waals surface area (Å²) in [7, 11) is 0. The zero-order valence-electron chi connectivity index (χ0n) is 15.6. The Morgan fingerprint density at radius 1 is 0.963 bits per heavy atom. The molecule has 4 heteroatoms. The third-order valence-corrected chi connectivity index (χ3v) is 4.35. The van der Waals surface area contributed by atoms with Crippen molar-refractivity contribution in [2.24, 2.45) is 0 Å². The summed E-state index contributed by atoms with van der Waals surface area (Å²) >= 11 is 0. The quantitative estimate of drug-likeness (QED) is 0.588. The predicted octanol–water partition coefficient (Wildman–Crippen LogP) is 4.36. The number of amides is 1. The number of nitrogens with zero attached hydrogens (tertiary/aromatic N) is 1. The second kappa shape index (κ2) is 9.53. The Labute approximate surface area is 160 Å². The lowest BCUT2D eigenvalue weighted by Gasteiger charge is -2.09. The van der Waals surface area contributed by atoms with Gasteiger partial charge in [0.15, 0.2) is 0 Å². The van der Waals surface area contributed by atoms with Gasteiger partial charge in [0.25, 0.3) is 5.91 Å². The fourth-order valence-corrected chi connectivity index (χ4v) is 2.93. The van der Waals surface area contributed by atoms with Crippen LogP contribution in [0, 0.1) is 6.92 Å². The summed E-state index contributed by atoms with van der Waals surface area (Å²) < 4.78 is 0. The predicted molar refractivity (Wildman–Crippen MR) is 110 cm³/mol. The normalized spacial score (nSPS) is 10.4. The number of anilines is 1. The van der Waals surface area contributed by atoms with Gasteiger partial charge in [0.05, 0.1) is 11.3 Å². The third kappa shape index (κ3) is 5.96. The highest BCUT2D eigenvalue weighted by Crippen LogP contribution is 2.11. The van der Waals surface area contributed by atoms with Gasteiger partial charge in [0.1, 0.15) is 0 Å². The second-order valence-electron chi connectivity index (χ2n) is 6.65. The van der Waals surface area contributed by atoms with Crippen LogP contribution in [0.15, 0.2) is 73.1 Å². The van der Waals surface area contributed by atoms with Gasteiger partial charge in [-0.2, -0.15) is 0 Å². The van der Waals surface area contributed by atoms with Crippen LogP contribution >= 0.6 is 0 Å². The minimum absolute atomic E-state index is 0.0882. The van der Waals surface area contributed by atoms with Crippen LogP contribution in [0.2, 0.25) is 0 Å². The SMILES string of the molecule is Cc1cccc(CNc2cncc(C(=O)NCCCc3ccccc3)c2)c1. The highest BCUT2D eigenvalue weighted by atomic mass is 16.1. The average Bonchev–Trinajstić information content (AvgIpc) is 2.70. The van der Waals surface area contributed by atoms with Crippen molar-refractivity contribution in [3.63, 3.8) is 0 Å². The average molecular weight is 359 g/mol. The van der Waals surface area contributed by atoms with Crippen molar-refractivity contribution in [2.75, 3.05) is 11.9 Å². The van der Waals surface area contributed by atoms with Gasteiger partial charge in [0.2, 0.25) is 0 Å². The highest BCUT2D eigenvalue weighted by molar-refractivity contribution is 5.94. The number of aromatic nitrogens is 1. The van der Waals surface area contributed by atoms with Gasteiger partial charge in [-0.1, -0.05) is 60.2 Å². The molecule has 0 aliphatic carbocycles. The van der Waals surface area contributed by atoms with Crippen molar-refractivity contribution < 1.29 is 4.79 Å². The molecule has 2 N–H and O–H groups in total. The second-order valence-corrected chi connectivity index (χ2v) is 6.65. The molecule has 2 aromatic carbocycles. The first kappa shape index (κ1) is 18.6. The number of pyridine rings is 1. The van der Waals surface area contributed by atoms with Gasteiger partial charge in [-0.25, -0.2) is 0 Å². The number of benzene rings is 2. The fourth-order valence-electron chi connectivity index (χ4n) is 2.93. The van der Waals surface area contributed by atoms with Crippen LogP contribution in [0.1, 0.15) is 33.5 Å². The first-order chi connectivity index (χ1) is 13.2. The van der Waals surface area contributed by atoms with E-state index in [4.69, 9.17) is 0 Å². The monoisotopic (exact) mass is 359 g/mol. The molecule has 0 unspecified atom stereocenters. The van der Waals surface area contributed by atoms with Crippen molar-refractivity contribution >= 4 is 11.6 Å². The molecule has 0 fully saturated rings. The Morgan fingerprint density at radius 2 is 1.78 bits per heavy atom. The number of hydrogen-bond acceptors (Lipinski definition) is 3. The maximum atomic E-state index is 12.3. The van der Waals surface area contributed by atoms with E-state index in [2.05, 4.69) is 52.9 Å². The molecule has 3 rings (SSSR count). The molecule has 0 bridgehead atoms. The fraction of sp³-hybridized carbons (Fsp3) is 0.217. The minimum atomic E-state index is -0.0882. The van der Waals surface area contributed by atoms with Crippen molar-refractivity contribution in [3.8, 4) is 0 Å². The van der Waals surface area contributed by atoms with Crippen LogP contribution in [0.25, 0.3) is 0 Å². The molecule has 0 aliphatic rings. The van der Waals surface area contributed by atoms with Gasteiger partial charge < -0.3 is 10.6 Å². The molecule has 3 aromatic rings. The molecule has 0 saturated heterocycles. The molecule has 4 nitrogen and oxygen atoms in total. The van der Waals surface area contributed by atoms with E-state index in [0.717, 1.165) is 18.5 Å². The largest absolute Gasteiger partial charge is 0.380 e. The molecule has 0 spiro atoms. The summed E-state index contributed by atoms with van der Waals surface area (Å²) in [6.45, 7) is 3.42. The Morgan fingerprint density at radius 3 is 2.59 bits per heavy atom. The zero-order chi connectivity index (χ0) is 18.9. The Kier molecular flexibility index (Phi) is 6.58. The van der Waals surface area contributed by atoms with E-state index in [1.807, 2.05) is 30.3 Å². The van der Waals surface area contributed by atoms with E-state index in [1.54, 1.807) is 12.4 Å². The van der Waals surface area contributed by atoms with Crippen LogP contribution in [0.5, 0.6) is 0 Å². The van der Waals surface area contributed by atoms with E-state index in [1.165, 1.54) is 16.7 Å². The van der Waals surface area contributed by atoms with E-state index >= 15 is 0 Å². The van der Waals surface area contributed by atoms with Crippen LogP contribution in [-0.2, 0) is 13.0 Å². The standard InChI is InChI=1S/C23H25N3O/c1-18-7-5-10-20(13-18)15-26-22-14-21(16-24-17-22)23(27)25-12-6-11-19-8-3-2-4-9-19/h2-5,7-10,13-14,16-17,26H,6,11-12,15H2,1H3,(H,25,27). The number of rotatable bonds is 8. The van der Waals surface area contributed by atoms with E-state index in [-0.39, 0.29) is 5.91 Å². The van der Waals surface area contributed by atoms with Crippen molar-refractivity contribution in [1.82, 2.24) is 10.3 Å². The van der Waals surface area contributed by atoms with Crippen LogP contribution in [-0.4, -0.2) is 17.4 Å². The topological polar surface area (TPSA) is 54.0 Å². The van der Waals surface area contributed by atoms with E-state index in [9.17, 15) is 4.79 Å². The van der Waals surface area contributed by atoms with Crippen molar-refractivity contribution in [2.45, 2.75) is 26.3 Å². The van der Waals surface area contributed by atoms with Crippen molar-refractivity contribution in [1.29, 1.82) is 0 Å². The molecular formula is C23H25N3O. The van der Waals surface area contributed by atoms with Gasteiger partial charge in [-0.15, -0.1) is 0 Å². The lowest BCUT2D eigenvalue weighted by molar-refractivity contribution is 0.0953.